The highest BCUT2D eigenvalue weighted by atomic mass is 16.4. The number of nitrogens with two attached hydrogens (primary N) is 1. The SMILES string of the molecule is Cc1cc(CN(C)CCC(C)O)oc1C(=O)NN. The van der Waals surface area contributed by atoms with Gasteiger partial charge in [0.15, 0.2) is 5.76 Å². The number of hydrogen-bond acceptors (Lipinski definition) is 5. The first-order valence-electron chi connectivity index (χ1n) is 5.91. The second-order valence-electron chi connectivity index (χ2n) is 4.57. The number of carbonyl (C=O) groups excluding carboxylic acids is 1. The molecule has 0 aliphatic rings. The zero-order chi connectivity index (χ0) is 13.7. The summed E-state index contributed by atoms with van der Waals surface area (Å²) in [5.41, 5.74) is 2.81. The van der Waals surface area contributed by atoms with Gasteiger partial charge in [0.2, 0.25) is 0 Å². The predicted molar refractivity (Wildman–Crippen MR) is 67.7 cm³/mol. The van der Waals surface area contributed by atoms with Crippen LogP contribution in [0.2, 0.25) is 0 Å². The Morgan fingerprint density at radius 1 is 1.67 bits per heavy atom. The van der Waals surface area contributed by atoms with Gasteiger partial charge in [0.1, 0.15) is 5.76 Å². The maximum atomic E-state index is 11.4. The second-order valence-corrected chi connectivity index (χ2v) is 4.57. The molecule has 6 nitrogen and oxygen atoms in total. The monoisotopic (exact) mass is 255 g/mol. The summed E-state index contributed by atoms with van der Waals surface area (Å²) in [6.07, 6.45) is 0.385. The van der Waals surface area contributed by atoms with E-state index in [9.17, 15) is 9.90 Å². The minimum absolute atomic E-state index is 0.247. The number of amides is 1. The van der Waals surface area contributed by atoms with Crippen molar-refractivity contribution in [2.75, 3.05) is 13.6 Å². The third-order valence-corrected chi connectivity index (χ3v) is 2.66. The number of aliphatic hydroxyl groups is 1. The van der Waals surface area contributed by atoms with Crippen LogP contribution in [-0.2, 0) is 6.54 Å². The standard InChI is InChI=1S/C12H21N3O3/c1-8-6-10(18-11(8)12(17)14-13)7-15(3)5-4-9(2)16/h6,9,16H,4-5,7,13H2,1-3H3,(H,14,17). The summed E-state index contributed by atoms with van der Waals surface area (Å²) in [6.45, 7) is 4.91. The van der Waals surface area contributed by atoms with Crippen LogP contribution in [0.1, 0.15) is 35.2 Å². The maximum absolute atomic E-state index is 11.4. The Morgan fingerprint density at radius 3 is 2.89 bits per heavy atom. The lowest BCUT2D eigenvalue weighted by atomic mass is 10.2. The number of aryl methyl sites for hydroxylation is 1. The average molecular weight is 255 g/mol. The summed E-state index contributed by atoms with van der Waals surface area (Å²) in [6, 6.07) is 1.82. The number of hydrogen-bond donors (Lipinski definition) is 3. The van der Waals surface area contributed by atoms with E-state index in [0.29, 0.717) is 18.7 Å². The summed E-state index contributed by atoms with van der Waals surface area (Å²) in [4.78, 5) is 13.4. The van der Waals surface area contributed by atoms with Crippen LogP contribution in [0.25, 0.3) is 0 Å². The molecule has 0 aliphatic carbocycles. The molecule has 1 rings (SSSR count). The number of hydrazine groups is 1. The minimum Gasteiger partial charge on any atom is -0.454 e. The zero-order valence-electron chi connectivity index (χ0n) is 11.1. The third kappa shape index (κ3) is 4.14. The fourth-order valence-corrected chi connectivity index (χ4v) is 1.67. The Bertz CT molecular complexity index is 401. The van der Waals surface area contributed by atoms with E-state index in [2.05, 4.69) is 0 Å². The molecule has 102 valence electrons. The van der Waals surface area contributed by atoms with Crippen LogP contribution in [-0.4, -0.2) is 35.6 Å². The van der Waals surface area contributed by atoms with Crippen molar-refractivity contribution in [2.45, 2.75) is 32.9 Å². The van der Waals surface area contributed by atoms with Crippen molar-refractivity contribution < 1.29 is 14.3 Å². The Kier molecular flexibility index (Phi) is 5.33. The van der Waals surface area contributed by atoms with E-state index in [1.807, 2.05) is 23.4 Å². The Morgan fingerprint density at radius 2 is 2.33 bits per heavy atom. The van der Waals surface area contributed by atoms with Gasteiger partial charge in [0.05, 0.1) is 12.6 Å². The lowest BCUT2D eigenvalue weighted by Crippen LogP contribution is -2.30. The molecule has 1 heterocycles. The fraction of sp³-hybridized carbons (Fsp3) is 0.583. The average Bonchev–Trinajstić information content (AvgIpc) is 2.66. The lowest BCUT2D eigenvalue weighted by Gasteiger charge is -2.15. The van der Waals surface area contributed by atoms with Crippen LogP contribution < -0.4 is 11.3 Å². The highest BCUT2D eigenvalue weighted by Crippen LogP contribution is 2.16. The molecule has 0 aliphatic heterocycles. The summed E-state index contributed by atoms with van der Waals surface area (Å²) in [5, 5.41) is 9.20. The van der Waals surface area contributed by atoms with Gasteiger partial charge in [-0.3, -0.25) is 15.1 Å². The van der Waals surface area contributed by atoms with Crippen LogP contribution >= 0.6 is 0 Å². The van der Waals surface area contributed by atoms with Gasteiger partial charge in [-0.15, -0.1) is 0 Å². The largest absolute Gasteiger partial charge is 0.454 e. The van der Waals surface area contributed by atoms with Gasteiger partial charge in [-0.1, -0.05) is 0 Å². The molecule has 18 heavy (non-hydrogen) atoms. The molecule has 1 atom stereocenters. The number of nitrogens with zero attached hydrogens (tertiary/aromatic N) is 1. The quantitative estimate of drug-likeness (QED) is 0.388. The van der Waals surface area contributed by atoms with Gasteiger partial charge in [-0.05, 0) is 33.4 Å². The molecular formula is C12H21N3O3. The van der Waals surface area contributed by atoms with Crippen molar-refractivity contribution in [1.82, 2.24) is 10.3 Å². The van der Waals surface area contributed by atoms with Gasteiger partial charge in [0.25, 0.3) is 0 Å². The second kappa shape index (κ2) is 6.53. The molecule has 0 radical (unpaired) electrons. The van der Waals surface area contributed by atoms with E-state index >= 15 is 0 Å². The van der Waals surface area contributed by atoms with Crippen molar-refractivity contribution in [2.24, 2.45) is 5.84 Å². The fourth-order valence-electron chi connectivity index (χ4n) is 1.67. The van der Waals surface area contributed by atoms with E-state index in [4.69, 9.17) is 10.3 Å². The number of nitrogen functional groups attached to an aromatic ring is 1. The first-order valence-corrected chi connectivity index (χ1v) is 5.91. The topological polar surface area (TPSA) is 91.7 Å². The van der Waals surface area contributed by atoms with Gasteiger partial charge in [-0.25, -0.2) is 5.84 Å². The summed E-state index contributed by atoms with van der Waals surface area (Å²) in [5.74, 6) is 5.60. The molecule has 4 N–H and O–H groups in total. The summed E-state index contributed by atoms with van der Waals surface area (Å²) >= 11 is 0. The van der Waals surface area contributed by atoms with E-state index in [0.717, 1.165) is 12.1 Å². The number of rotatable bonds is 6. The number of aliphatic hydroxyl groups excluding tert-OH is 1. The zero-order valence-corrected chi connectivity index (χ0v) is 11.1. The first-order chi connectivity index (χ1) is 8.43. The third-order valence-electron chi connectivity index (χ3n) is 2.66. The number of furan rings is 1. The van der Waals surface area contributed by atoms with Crippen molar-refractivity contribution in [3.8, 4) is 0 Å². The molecule has 0 saturated heterocycles. The normalized spacial score (nSPS) is 12.8. The molecule has 6 heteroatoms. The van der Waals surface area contributed by atoms with E-state index in [1.165, 1.54) is 0 Å². The smallest absolute Gasteiger partial charge is 0.301 e. The molecule has 1 aromatic heterocycles. The van der Waals surface area contributed by atoms with E-state index < -0.39 is 5.91 Å². The van der Waals surface area contributed by atoms with Crippen molar-refractivity contribution in [3.63, 3.8) is 0 Å². The van der Waals surface area contributed by atoms with Crippen molar-refractivity contribution >= 4 is 5.91 Å². The molecule has 0 saturated carbocycles. The number of nitrogens with one attached hydrogen (secondary N) is 1. The van der Waals surface area contributed by atoms with E-state index in [-0.39, 0.29) is 11.9 Å². The molecule has 0 fully saturated rings. The predicted octanol–water partition coefficient (Wildman–Crippen LogP) is 0.394. The van der Waals surface area contributed by atoms with E-state index in [1.54, 1.807) is 13.8 Å². The Labute approximate surface area is 107 Å². The first kappa shape index (κ1) is 14.7. The van der Waals surface area contributed by atoms with Gasteiger partial charge >= 0.3 is 5.91 Å². The van der Waals surface area contributed by atoms with Crippen LogP contribution in [0.3, 0.4) is 0 Å². The van der Waals surface area contributed by atoms with Gasteiger partial charge in [0, 0.05) is 12.1 Å². The Hall–Kier alpha value is -1.37. The van der Waals surface area contributed by atoms with Crippen LogP contribution in [0.4, 0.5) is 0 Å². The molecule has 0 spiro atoms. The van der Waals surface area contributed by atoms with Crippen molar-refractivity contribution in [1.29, 1.82) is 0 Å². The van der Waals surface area contributed by atoms with Gasteiger partial charge in [-0.2, -0.15) is 0 Å². The maximum Gasteiger partial charge on any atom is 0.301 e. The molecule has 1 amide bonds. The van der Waals surface area contributed by atoms with Gasteiger partial charge < -0.3 is 9.52 Å². The lowest BCUT2D eigenvalue weighted by molar-refractivity contribution is 0.0921. The molecular weight excluding hydrogens is 234 g/mol. The molecule has 0 aromatic carbocycles. The van der Waals surface area contributed by atoms with Crippen LogP contribution in [0, 0.1) is 6.92 Å². The van der Waals surface area contributed by atoms with Crippen LogP contribution in [0.15, 0.2) is 10.5 Å². The summed E-state index contributed by atoms with van der Waals surface area (Å²) < 4.78 is 5.45. The molecule has 1 unspecified atom stereocenters. The minimum atomic E-state index is -0.426. The Balaban J connectivity index is 2.60. The highest BCUT2D eigenvalue weighted by molar-refractivity contribution is 5.92. The molecule has 1 aromatic rings. The van der Waals surface area contributed by atoms with Crippen LogP contribution in [0.5, 0.6) is 0 Å². The van der Waals surface area contributed by atoms with Crippen molar-refractivity contribution in [3.05, 3.63) is 23.2 Å². The number of carbonyl (C=O) groups is 1. The highest BCUT2D eigenvalue weighted by Gasteiger charge is 2.15. The molecule has 0 bridgehead atoms. The summed E-state index contributed by atoms with van der Waals surface area (Å²) in [7, 11) is 1.93.